The topological polar surface area (TPSA) is 76.4 Å². The van der Waals surface area contributed by atoms with Crippen LogP contribution in [0.2, 0.25) is 0 Å². The van der Waals surface area contributed by atoms with Crippen LogP contribution >= 0.6 is 0 Å². The van der Waals surface area contributed by atoms with Crippen LogP contribution in [0.15, 0.2) is 52.0 Å². The highest BCUT2D eigenvalue weighted by Gasteiger charge is 2.34. The van der Waals surface area contributed by atoms with Gasteiger partial charge in [0.1, 0.15) is 11.5 Å². The molecule has 3 aromatic heterocycles. The number of hydrogen-bond acceptors (Lipinski definition) is 5. The van der Waals surface area contributed by atoms with E-state index < -0.39 is 0 Å². The van der Waals surface area contributed by atoms with E-state index in [0.29, 0.717) is 26.2 Å². The summed E-state index contributed by atoms with van der Waals surface area (Å²) >= 11 is 0. The molecule has 0 fully saturated rings. The van der Waals surface area contributed by atoms with Gasteiger partial charge in [0, 0.05) is 20.1 Å². The number of imidazole rings is 1. The van der Waals surface area contributed by atoms with Crippen molar-refractivity contribution in [3.8, 4) is 0 Å². The fourth-order valence-corrected chi connectivity index (χ4v) is 3.34. The van der Waals surface area contributed by atoms with Gasteiger partial charge >= 0.3 is 0 Å². The number of aromatic nitrogens is 2. The Balaban J connectivity index is 1.51. The van der Waals surface area contributed by atoms with Crippen molar-refractivity contribution in [2.24, 2.45) is 7.05 Å². The molecule has 0 saturated carbocycles. The van der Waals surface area contributed by atoms with E-state index in [1.807, 2.05) is 35.9 Å². The highest BCUT2D eigenvalue weighted by Crippen LogP contribution is 2.28. The van der Waals surface area contributed by atoms with Crippen molar-refractivity contribution in [3.05, 3.63) is 66.0 Å². The summed E-state index contributed by atoms with van der Waals surface area (Å²) in [5.74, 6) is 1.32. The number of furan rings is 2. The Bertz CT molecular complexity index is 836. The monoisotopic (exact) mass is 340 g/mol. The molecule has 0 radical (unpaired) electrons. The quantitative estimate of drug-likeness (QED) is 0.769. The Hall–Kier alpha value is -2.80. The summed E-state index contributed by atoms with van der Waals surface area (Å²) in [6.45, 7) is 2.37. The van der Waals surface area contributed by atoms with Crippen LogP contribution in [0.3, 0.4) is 0 Å². The van der Waals surface area contributed by atoms with E-state index in [1.165, 1.54) is 0 Å². The zero-order valence-electron chi connectivity index (χ0n) is 14.0. The Morgan fingerprint density at radius 3 is 2.76 bits per heavy atom. The van der Waals surface area contributed by atoms with Gasteiger partial charge in [0.15, 0.2) is 0 Å². The average Bonchev–Trinajstić information content (AvgIpc) is 3.35. The van der Waals surface area contributed by atoms with Crippen LogP contribution in [-0.4, -0.2) is 26.9 Å². The van der Waals surface area contributed by atoms with E-state index >= 15 is 0 Å². The van der Waals surface area contributed by atoms with Gasteiger partial charge < -0.3 is 18.7 Å². The van der Waals surface area contributed by atoms with Crippen LogP contribution in [0.4, 0.5) is 0 Å². The van der Waals surface area contributed by atoms with E-state index in [0.717, 1.165) is 22.9 Å². The minimum Gasteiger partial charge on any atom is -0.468 e. The molecule has 0 aliphatic carbocycles. The predicted octanol–water partition coefficient (Wildman–Crippen LogP) is 2.02. The average molecular weight is 340 g/mol. The molecule has 1 aliphatic heterocycles. The van der Waals surface area contributed by atoms with Gasteiger partial charge in [0.2, 0.25) is 5.91 Å². The number of rotatable bonds is 5. The molecule has 1 N–H and O–H groups in total. The molecule has 7 nitrogen and oxygen atoms in total. The number of carbonyl (C=O) groups excluding carboxylic acids is 1. The molecule has 0 spiro atoms. The zero-order chi connectivity index (χ0) is 17.2. The van der Waals surface area contributed by atoms with Gasteiger partial charge in [-0.3, -0.25) is 9.69 Å². The normalized spacial score (nSPS) is 17.4. The van der Waals surface area contributed by atoms with E-state index in [4.69, 9.17) is 8.83 Å². The van der Waals surface area contributed by atoms with Gasteiger partial charge in [-0.15, -0.1) is 0 Å². The third kappa shape index (κ3) is 3.23. The number of fused-ring (bicyclic) bond motifs is 1. The minimum atomic E-state index is -0.277. The summed E-state index contributed by atoms with van der Waals surface area (Å²) in [4.78, 5) is 19.5. The van der Waals surface area contributed by atoms with Crippen LogP contribution < -0.4 is 5.32 Å². The number of hydrogen-bond donors (Lipinski definition) is 1. The molecule has 7 heteroatoms. The van der Waals surface area contributed by atoms with E-state index in [1.54, 1.807) is 18.9 Å². The highest BCUT2D eigenvalue weighted by molar-refractivity contribution is 5.84. The molecule has 1 unspecified atom stereocenters. The third-order valence-electron chi connectivity index (χ3n) is 4.50. The molecule has 25 heavy (non-hydrogen) atoms. The lowest BCUT2D eigenvalue weighted by Crippen LogP contribution is -2.41. The summed E-state index contributed by atoms with van der Waals surface area (Å²) in [5, 5.41) is 2.97. The van der Waals surface area contributed by atoms with Crippen LogP contribution in [0.25, 0.3) is 0 Å². The van der Waals surface area contributed by atoms with Gasteiger partial charge in [-0.2, -0.15) is 0 Å². The predicted molar refractivity (Wildman–Crippen MR) is 89.3 cm³/mol. The number of nitrogens with one attached hydrogen (secondary N) is 1. The molecule has 130 valence electrons. The summed E-state index contributed by atoms with van der Waals surface area (Å²) in [5.41, 5.74) is 1.92. The number of aryl methyl sites for hydroxylation is 1. The molecular weight excluding hydrogens is 320 g/mol. The highest BCUT2D eigenvalue weighted by atomic mass is 16.3. The van der Waals surface area contributed by atoms with Gasteiger partial charge in [0.05, 0.1) is 49.2 Å². The van der Waals surface area contributed by atoms with Gasteiger partial charge in [0.25, 0.3) is 0 Å². The summed E-state index contributed by atoms with van der Waals surface area (Å²) < 4.78 is 12.7. The molecular formula is C18H20N4O3. The Morgan fingerprint density at radius 2 is 2.04 bits per heavy atom. The smallest absolute Gasteiger partial charge is 0.230 e. The first-order valence-corrected chi connectivity index (χ1v) is 8.25. The van der Waals surface area contributed by atoms with Crippen LogP contribution in [0.1, 0.15) is 28.8 Å². The van der Waals surface area contributed by atoms with Gasteiger partial charge in [-0.25, -0.2) is 4.98 Å². The molecule has 1 amide bonds. The first-order valence-electron chi connectivity index (χ1n) is 8.25. The molecule has 4 rings (SSSR count). The molecule has 1 atom stereocenters. The molecule has 0 bridgehead atoms. The summed E-state index contributed by atoms with van der Waals surface area (Å²) in [7, 11) is 1.93. The van der Waals surface area contributed by atoms with Crippen molar-refractivity contribution in [1.29, 1.82) is 0 Å². The number of nitrogens with zero attached hydrogens (tertiary/aromatic N) is 3. The molecule has 0 saturated heterocycles. The second-order valence-corrected chi connectivity index (χ2v) is 6.29. The Morgan fingerprint density at radius 1 is 1.28 bits per heavy atom. The minimum absolute atomic E-state index is 0.0228. The van der Waals surface area contributed by atoms with Crippen molar-refractivity contribution < 1.29 is 13.6 Å². The van der Waals surface area contributed by atoms with Gasteiger partial charge in [-0.05, 0) is 24.3 Å². The number of amides is 1. The Labute approximate surface area is 145 Å². The maximum absolute atomic E-state index is 12.8. The Kier molecular flexibility index (Phi) is 4.15. The SMILES string of the molecule is Cn1cnc2c1C(C(=O)NCc1ccco1)CN(Cc1ccco1)C2. The molecule has 1 aliphatic rings. The molecule has 4 heterocycles. The van der Waals surface area contributed by atoms with E-state index in [9.17, 15) is 4.79 Å². The standard InChI is InChI=1S/C18H20N4O3/c1-21-12-20-16-11-22(9-14-5-3-7-25-14)10-15(17(16)21)18(23)19-8-13-4-2-6-24-13/h2-7,12,15H,8-11H2,1H3,(H,19,23). The van der Waals surface area contributed by atoms with Gasteiger partial charge in [-0.1, -0.05) is 0 Å². The van der Waals surface area contributed by atoms with Crippen LogP contribution in [0, 0.1) is 0 Å². The van der Waals surface area contributed by atoms with Crippen LogP contribution in [0.5, 0.6) is 0 Å². The van der Waals surface area contributed by atoms with Crippen molar-refractivity contribution >= 4 is 5.91 Å². The maximum Gasteiger partial charge on any atom is 0.230 e. The second kappa shape index (κ2) is 6.60. The van der Waals surface area contributed by atoms with E-state index in [2.05, 4.69) is 15.2 Å². The zero-order valence-corrected chi connectivity index (χ0v) is 14.0. The lowest BCUT2D eigenvalue weighted by Gasteiger charge is -2.31. The largest absolute Gasteiger partial charge is 0.468 e. The lowest BCUT2D eigenvalue weighted by atomic mass is 9.97. The fraction of sp³-hybridized carbons (Fsp3) is 0.333. The van der Waals surface area contributed by atoms with Crippen molar-refractivity contribution in [3.63, 3.8) is 0 Å². The molecule has 3 aromatic rings. The lowest BCUT2D eigenvalue weighted by molar-refractivity contribution is -0.123. The molecule has 0 aromatic carbocycles. The van der Waals surface area contributed by atoms with Crippen molar-refractivity contribution in [2.45, 2.75) is 25.6 Å². The second-order valence-electron chi connectivity index (χ2n) is 6.29. The third-order valence-corrected chi connectivity index (χ3v) is 4.50. The first kappa shape index (κ1) is 15.7. The summed E-state index contributed by atoms with van der Waals surface area (Å²) in [6.07, 6.45) is 5.04. The summed E-state index contributed by atoms with van der Waals surface area (Å²) in [6, 6.07) is 7.48. The van der Waals surface area contributed by atoms with Crippen molar-refractivity contribution in [1.82, 2.24) is 19.8 Å². The fourth-order valence-electron chi connectivity index (χ4n) is 3.34. The van der Waals surface area contributed by atoms with Crippen LogP contribution in [-0.2, 0) is 31.5 Å². The first-order chi connectivity index (χ1) is 12.2. The maximum atomic E-state index is 12.8. The van der Waals surface area contributed by atoms with E-state index in [-0.39, 0.29) is 11.8 Å². The van der Waals surface area contributed by atoms with Crippen molar-refractivity contribution in [2.75, 3.05) is 6.54 Å². The number of carbonyl (C=O) groups is 1.